The number of para-hydroxylation sites is 1. The average molecular weight is 314 g/mol. The highest BCUT2D eigenvalue weighted by Crippen LogP contribution is 2.24. The summed E-state index contributed by atoms with van der Waals surface area (Å²) >= 11 is 5.86. The van der Waals surface area contributed by atoms with E-state index in [0.29, 0.717) is 5.69 Å². The van der Waals surface area contributed by atoms with Crippen molar-refractivity contribution >= 4 is 27.3 Å². The Balaban J connectivity index is 2.33. The first-order valence-corrected chi connectivity index (χ1v) is 7.85. The van der Waals surface area contributed by atoms with Crippen molar-refractivity contribution in [2.24, 2.45) is 0 Å². The molecule has 2 aromatic carbocycles. The Bertz CT molecular complexity index is 684. The minimum absolute atomic E-state index is 0.0167. The lowest BCUT2D eigenvalue weighted by Crippen LogP contribution is -2.28. The summed E-state index contributed by atoms with van der Waals surface area (Å²) < 4.78 is 39.4. The Labute approximate surface area is 122 Å². The van der Waals surface area contributed by atoms with Crippen molar-refractivity contribution in [3.05, 3.63) is 64.9 Å². The van der Waals surface area contributed by atoms with Crippen LogP contribution in [-0.4, -0.2) is 15.5 Å². The number of sulfonamides is 1. The molecule has 0 aromatic heterocycles. The van der Waals surface area contributed by atoms with Gasteiger partial charge in [0.1, 0.15) is 5.82 Å². The van der Waals surface area contributed by atoms with Crippen molar-refractivity contribution in [2.45, 2.75) is 5.75 Å². The van der Waals surface area contributed by atoms with Gasteiger partial charge in [0.2, 0.25) is 10.0 Å². The molecule has 0 N–H and O–H groups in total. The Morgan fingerprint density at radius 3 is 2.35 bits per heavy atom. The maximum absolute atomic E-state index is 13.7. The van der Waals surface area contributed by atoms with E-state index >= 15 is 0 Å². The zero-order chi connectivity index (χ0) is 14.8. The van der Waals surface area contributed by atoms with Gasteiger partial charge in [0.25, 0.3) is 0 Å². The number of halogens is 2. The molecule has 2 aromatic rings. The Morgan fingerprint density at radius 1 is 1.10 bits per heavy atom. The normalized spacial score (nSPS) is 11.3. The van der Waals surface area contributed by atoms with Crippen LogP contribution in [0.4, 0.5) is 10.1 Å². The standard InChI is InChI=1S/C14H13ClFNO2S/c1-17(11-6-3-2-4-7-11)20(18,19)10-12-13(15)8-5-9-14(12)16/h2-9H,10H2,1H3. The molecule has 20 heavy (non-hydrogen) atoms. The predicted molar refractivity (Wildman–Crippen MR) is 78.9 cm³/mol. The molecule has 6 heteroatoms. The van der Waals surface area contributed by atoms with Crippen molar-refractivity contribution in [1.29, 1.82) is 0 Å². The number of rotatable bonds is 4. The van der Waals surface area contributed by atoms with Crippen molar-refractivity contribution in [3.8, 4) is 0 Å². The fraction of sp³-hybridized carbons (Fsp3) is 0.143. The van der Waals surface area contributed by atoms with E-state index in [4.69, 9.17) is 11.6 Å². The van der Waals surface area contributed by atoms with Crippen LogP contribution in [0.3, 0.4) is 0 Å². The van der Waals surface area contributed by atoms with Gasteiger partial charge in [-0.3, -0.25) is 4.31 Å². The average Bonchev–Trinajstić information content (AvgIpc) is 2.43. The second-order valence-electron chi connectivity index (χ2n) is 4.26. The van der Waals surface area contributed by atoms with Crippen molar-refractivity contribution in [1.82, 2.24) is 0 Å². The van der Waals surface area contributed by atoms with Crippen LogP contribution in [0.25, 0.3) is 0 Å². The van der Waals surface area contributed by atoms with E-state index in [1.807, 2.05) is 0 Å². The van der Waals surface area contributed by atoms with Crippen molar-refractivity contribution in [3.63, 3.8) is 0 Å². The third-order valence-electron chi connectivity index (χ3n) is 2.93. The molecule has 0 fully saturated rings. The summed E-state index contributed by atoms with van der Waals surface area (Å²) in [6.07, 6.45) is 0. The fourth-order valence-electron chi connectivity index (χ4n) is 1.75. The van der Waals surface area contributed by atoms with E-state index in [9.17, 15) is 12.8 Å². The molecular weight excluding hydrogens is 301 g/mol. The van der Waals surface area contributed by atoms with Crippen LogP contribution in [0.1, 0.15) is 5.56 Å². The van der Waals surface area contributed by atoms with Gasteiger partial charge < -0.3 is 0 Å². The first kappa shape index (κ1) is 14.8. The van der Waals surface area contributed by atoms with Gasteiger partial charge in [0, 0.05) is 17.6 Å². The van der Waals surface area contributed by atoms with Gasteiger partial charge in [0.05, 0.1) is 11.4 Å². The van der Waals surface area contributed by atoms with Crippen LogP contribution >= 0.6 is 11.6 Å². The molecule has 0 bridgehead atoms. The van der Waals surface area contributed by atoms with Crippen molar-refractivity contribution < 1.29 is 12.8 Å². The van der Waals surface area contributed by atoms with Gasteiger partial charge in [0.15, 0.2) is 0 Å². The first-order valence-electron chi connectivity index (χ1n) is 5.86. The van der Waals surface area contributed by atoms with Gasteiger partial charge in [-0.05, 0) is 24.3 Å². The largest absolute Gasteiger partial charge is 0.273 e. The van der Waals surface area contributed by atoms with Gasteiger partial charge >= 0.3 is 0 Å². The highest BCUT2D eigenvalue weighted by molar-refractivity contribution is 7.92. The zero-order valence-corrected chi connectivity index (χ0v) is 12.3. The molecule has 0 atom stereocenters. The fourth-order valence-corrected chi connectivity index (χ4v) is 3.35. The number of hydrogen-bond acceptors (Lipinski definition) is 2. The van der Waals surface area contributed by atoms with Crippen LogP contribution in [0.2, 0.25) is 5.02 Å². The first-order chi connectivity index (χ1) is 9.42. The second kappa shape index (κ2) is 5.81. The van der Waals surface area contributed by atoms with Crippen LogP contribution in [0.15, 0.2) is 48.5 Å². The zero-order valence-electron chi connectivity index (χ0n) is 10.8. The Hall–Kier alpha value is -1.59. The van der Waals surface area contributed by atoms with Crippen molar-refractivity contribution in [2.75, 3.05) is 11.4 Å². The van der Waals surface area contributed by atoms with E-state index in [0.717, 1.165) is 4.31 Å². The smallest absolute Gasteiger partial charge is 0.239 e. The molecule has 0 amide bonds. The molecule has 0 aliphatic heterocycles. The minimum atomic E-state index is -3.70. The lowest BCUT2D eigenvalue weighted by Gasteiger charge is -2.19. The van der Waals surface area contributed by atoms with E-state index < -0.39 is 21.6 Å². The molecule has 0 saturated carbocycles. The van der Waals surface area contributed by atoms with Crippen LogP contribution < -0.4 is 4.31 Å². The topological polar surface area (TPSA) is 37.4 Å². The Kier molecular flexibility index (Phi) is 4.30. The lowest BCUT2D eigenvalue weighted by molar-refractivity contribution is 0.585. The predicted octanol–water partition coefficient (Wildman–Crippen LogP) is 3.45. The summed E-state index contributed by atoms with van der Waals surface area (Å²) in [5.74, 6) is -1.10. The highest BCUT2D eigenvalue weighted by Gasteiger charge is 2.22. The van der Waals surface area contributed by atoms with Crippen LogP contribution in [0, 0.1) is 5.82 Å². The SMILES string of the molecule is CN(c1ccccc1)S(=O)(=O)Cc1c(F)cccc1Cl. The quantitative estimate of drug-likeness (QED) is 0.867. The summed E-state index contributed by atoms with van der Waals surface area (Å²) in [6, 6.07) is 12.7. The molecule has 0 spiro atoms. The Morgan fingerprint density at radius 2 is 1.75 bits per heavy atom. The number of benzene rings is 2. The molecule has 0 heterocycles. The van der Waals surface area contributed by atoms with E-state index in [1.165, 1.54) is 25.2 Å². The highest BCUT2D eigenvalue weighted by atomic mass is 35.5. The summed E-state index contributed by atoms with van der Waals surface area (Å²) in [7, 11) is -2.27. The second-order valence-corrected chi connectivity index (χ2v) is 6.67. The van der Waals surface area contributed by atoms with Gasteiger partial charge in [-0.2, -0.15) is 0 Å². The van der Waals surface area contributed by atoms with E-state index in [-0.39, 0.29) is 10.6 Å². The number of nitrogens with zero attached hydrogens (tertiary/aromatic N) is 1. The molecule has 2 rings (SSSR count). The van der Waals surface area contributed by atoms with Gasteiger partial charge in [-0.1, -0.05) is 35.9 Å². The molecular formula is C14H13ClFNO2S. The molecule has 0 radical (unpaired) electrons. The minimum Gasteiger partial charge on any atom is -0.273 e. The number of hydrogen-bond donors (Lipinski definition) is 0. The molecule has 0 aliphatic carbocycles. The van der Waals surface area contributed by atoms with Crippen LogP contribution in [0.5, 0.6) is 0 Å². The summed E-state index contributed by atoms with van der Waals surface area (Å²) in [4.78, 5) is 0. The summed E-state index contributed by atoms with van der Waals surface area (Å²) in [5.41, 5.74) is 0.497. The maximum atomic E-state index is 13.7. The summed E-state index contributed by atoms with van der Waals surface area (Å²) in [6.45, 7) is 0. The molecule has 0 unspecified atom stereocenters. The lowest BCUT2D eigenvalue weighted by atomic mass is 10.2. The third kappa shape index (κ3) is 3.11. The summed E-state index contributed by atoms with van der Waals surface area (Å²) in [5, 5.41) is 0.107. The van der Waals surface area contributed by atoms with Crippen LogP contribution in [-0.2, 0) is 15.8 Å². The van der Waals surface area contributed by atoms with Gasteiger partial charge in [-0.15, -0.1) is 0 Å². The third-order valence-corrected chi connectivity index (χ3v) is 4.98. The monoisotopic (exact) mass is 313 g/mol. The molecule has 106 valence electrons. The van der Waals surface area contributed by atoms with E-state index in [2.05, 4.69) is 0 Å². The van der Waals surface area contributed by atoms with E-state index in [1.54, 1.807) is 30.3 Å². The maximum Gasteiger partial charge on any atom is 0.239 e. The molecule has 0 saturated heterocycles. The molecule has 3 nitrogen and oxygen atoms in total. The number of anilines is 1. The molecule has 0 aliphatic rings. The van der Waals surface area contributed by atoms with Gasteiger partial charge in [-0.25, -0.2) is 12.8 Å².